The molecule has 25 heavy (non-hydrogen) atoms. The van der Waals surface area contributed by atoms with E-state index in [1.807, 2.05) is 0 Å². The van der Waals surface area contributed by atoms with Gasteiger partial charge in [0.1, 0.15) is 0 Å². The molecule has 3 atom stereocenters. The Morgan fingerprint density at radius 1 is 0.920 bits per heavy atom. The van der Waals surface area contributed by atoms with Crippen molar-refractivity contribution in [3.8, 4) is 0 Å². The highest BCUT2D eigenvalue weighted by Gasteiger charge is 2.54. The van der Waals surface area contributed by atoms with E-state index in [0.717, 1.165) is 69.2 Å². The van der Waals surface area contributed by atoms with Crippen molar-refractivity contribution in [1.82, 2.24) is 10.2 Å². The van der Waals surface area contributed by atoms with Crippen LogP contribution in [0.5, 0.6) is 0 Å². The predicted molar refractivity (Wildman–Crippen MR) is 93.0 cm³/mol. The minimum atomic E-state index is -0.761. The summed E-state index contributed by atoms with van der Waals surface area (Å²) in [4.78, 5) is 26.2. The summed E-state index contributed by atoms with van der Waals surface area (Å²) in [5.74, 6) is 3.16. The zero-order valence-electron chi connectivity index (χ0n) is 15.0. The van der Waals surface area contributed by atoms with E-state index in [9.17, 15) is 14.7 Å². The summed E-state index contributed by atoms with van der Waals surface area (Å²) in [6.07, 6.45) is 10.5. The lowest BCUT2D eigenvalue weighted by molar-refractivity contribution is -0.146. The van der Waals surface area contributed by atoms with Gasteiger partial charge < -0.3 is 15.3 Å². The Labute approximate surface area is 149 Å². The molecule has 6 fully saturated rings. The van der Waals surface area contributed by atoms with E-state index < -0.39 is 6.09 Å². The second kappa shape index (κ2) is 5.62. The number of amides is 2. The van der Waals surface area contributed by atoms with Gasteiger partial charge in [0, 0.05) is 24.0 Å². The van der Waals surface area contributed by atoms with Crippen molar-refractivity contribution in [3.63, 3.8) is 0 Å². The van der Waals surface area contributed by atoms with Gasteiger partial charge in [-0.15, -0.1) is 0 Å². The lowest BCUT2D eigenvalue weighted by Gasteiger charge is -2.55. The molecule has 6 aliphatic rings. The first-order valence-electron chi connectivity index (χ1n) is 10.3. The maximum Gasteiger partial charge on any atom is 0.407 e. The van der Waals surface area contributed by atoms with Crippen LogP contribution < -0.4 is 5.32 Å². The number of rotatable bonds is 3. The van der Waals surface area contributed by atoms with Crippen molar-refractivity contribution in [2.24, 2.45) is 29.1 Å². The highest BCUT2D eigenvalue weighted by atomic mass is 16.4. The first kappa shape index (κ1) is 16.0. The molecule has 2 heterocycles. The minimum Gasteiger partial charge on any atom is -0.465 e. The molecule has 4 aliphatic carbocycles. The molecule has 2 saturated heterocycles. The van der Waals surface area contributed by atoms with Gasteiger partial charge in [0.05, 0.1) is 0 Å². The molecule has 6 rings (SSSR count). The van der Waals surface area contributed by atoms with Crippen LogP contribution >= 0.6 is 0 Å². The van der Waals surface area contributed by atoms with Crippen LogP contribution in [0.1, 0.15) is 64.2 Å². The summed E-state index contributed by atoms with van der Waals surface area (Å²) in [5.41, 5.74) is -0.0600. The van der Waals surface area contributed by atoms with E-state index in [-0.39, 0.29) is 17.5 Å². The van der Waals surface area contributed by atoms with E-state index >= 15 is 0 Å². The van der Waals surface area contributed by atoms with Crippen molar-refractivity contribution in [1.29, 1.82) is 0 Å². The summed E-state index contributed by atoms with van der Waals surface area (Å²) in [6, 6.07) is 0.357. The van der Waals surface area contributed by atoms with E-state index in [0.29, 0.717) is 11.8 Å². The Morgan fingerprint density at radius 2 is 1.44 bits per heavy atom. The summed E-state index contributed by atoms with van der Waals surface area (Å²) in [5, 5.41) is 12.7. The average molecular weight is 346 g/mol. The van der Waals surface area contributed by atoms with E-state index in [1.165, 1.54) is 19.3 Å². The Hall–Kier alpha value is -1.26. The molecular weight excluding hydrogens is 316 g/mol. The molecule has 6 bridgehead atoms. The molecule has 2 aliphatic heterocycles. The zero-order valence-corrected chi connectivity index (χ0v) is 15.0. The van der Waals surface area contributed by atoms with Gasteiger partial charge in [-0.1, -0.05) is 0 Å². The fourth-order valence-electron chi connectivity index (χ4n) is 7.58. The molecule has 2 N–H and O–H groups in total. The maximum absolute atomic E-state index is 13.1. The molecule has 2 amide bonds. The third-order valence-corrected chi connectivity index (χ3v) is 8.12. The van der Waals surface area contributed by atoms with Gasteiger partial charge in [-0.2, -0.15) is 0 Å². The molecule has 5 nitrogen and oxygen atoms in total. The number of carbonyl (C=O) groups is 2. The third kappa shape index (κ3) is 2.57. The fraction of sp³-hybridized carbons (Fsp3) is 0.900. The van der Waals surface area contributed by atoms with Crippen molar-refractivity contribution < 1.29 is 14.7 Å². The summed E-state index contributed by atoms with van der Waals surface area (Å²) >= 11 is 0. The Balaban J connectivity index is 1.20. The number of fused-ring (bicyclic) bond motifs is 2. The topological polar surface area (TPSA) is 69.6 Å². The summed E-state index contributed by atoms with van der Waals surface area (Å²) < 4.78 is 0. The van der Waals surface area contributed by atoms with Crippen molar-refractivity contribution in [3.05, 3.63) is 0 Å². The van der Waals surface area contributed by atoms with Crippen molar-refractivity contribution in [2.75, 3.05) is 6.54 Å². The predicted octanol–water partition coefficient (Wildman–Crippen LogP) is 3.24. The van der Waals surface area contributed by atoms with Gasteiger partial charge in [0.2, 0.25) is 5.91 Å². The van der Waals surface area contributed by atoms with Gasteiger partial charge in [-0.05, 0) is 87.9 Å². The van der Waals surface area contributed by atoms with Crippen LogP contribution in [0.3, 0.4) is 0 Å². The highest BCUT2D eigenvalue weighted by molar-refractivity contribution is 5.83. The molecule has 4 saturated carbocycles. The number of hydrogen-bond acceptors (Lipinski definition) is 2. The number of hydrogen-bond donors (Lipinski definition) is 2. The molecule has 0 aromatic heterocycles. The third-order valence-electron chi connectivity index (χ3n) is 8.12. The number of nitrogens with one attached hydrogen (secondary N) is 1. The van der Waals surface area contributed by atoms with Crippen LogP contribution in [-0.2, 0) is 4.79 Å². The molecule has 0 spiro atoms. The normalized spacial score (nSPS) is 47.1. The second-order valence-corrected chi connectivity index (χ2v) is 9.82. The first-order chi connectivity index (χ1) is 12.0. The summed E-state index contributed by atoms with van der Waals surface area (Å²) in [6.45, 7) is 0.751. The quantitative estimate of drug-likeness (QED) is 0.824. The van der Waals surface area contributed by atoms with Crippen molar-refractivity contribution >= 4 is 12.0 Å². The van der Waals surface area contributed by atoms with Crippen LogP contribution in [0, 0.1) is 29.1 Å². The number of carbonyl (C=O) groups excluding carboxylic acids is 1. The van der Waals surface area contributed by atoms with Crippen LogP contribution in [0.4, 0.5) is 4.79 Å². The van der Waals surface area contributed by atoms with E-state index in [1.54, 1.807) is 4.90 Å². The zero-order chi connectivity index (χ0) is 17.2. The monoisotopic (exact) mass is 346 g/mol. The minimum absolute atomic E-state index is 0.0600. The molecule has 138 valence electrons. The largest absolute Gasteiger partial charge is 0.465 e. The van der Waals surface area contributed by atoms with Crippen LogP contribution in [-0.4, -0.2) is 40.6 Å². The van der Waals surface area contributed by atoms with E-state index in [2.05, 4.69) is 5.32 Å². The molecule has 5 heteroatoms. The number of carboxylic acid groups (broad SMARTS) is 1. The Bertz CT molecular complexity index is 540. The first-order valence-corrected chi connectivity index (χ1v) is 10.3. The van der Waals surface area contributed by atoms with Crippen LogP contribution in [0.15, 0.2) is 0 Å². The molecule has 0 aromatic carbocycles. The Morgan fingerprint density at radius 3 is 1.92 bits per heavy atom. The lowest BCUT2D eigenvalue weighted by atomic mass is 9.49. The van der Waals surface area contributed by atoms with Crippen LogP contribution in [0.25, 0.3) is 0 Å². The summed E-state index contributed by atoms with van der Waals surface area (Å²) in [7, 11) is 0. The van der Waals surface area contributed by atoms with E-state index in [4.69, 9.17) is 0 Å². The number of piperidine rings is 1. The van der Waals surface area contributed by atoms with Crippen molar-refractivity contribution in [2.45, 2.75) is 76.3 Å². The molecule has 0 aromatic rings. The molecular formula is C20H30N2O3. The maximum atomic E-state index is 13.1. The fourth-order valence-corrected chi connectivity index (χ4v) is 7.58. The average Bonchev–Trinajstić information content (AvgIpc) is 2.83. The Kier molecular flexibility index (Phi) is 3.58. The van der Waals surface area contributed by atoms with Gasteiger partial charge in [0.15, 0.2) is 0 Å². The lowest BCUT2D eigenvalue weighted by Crippen LogP contribution is -2.54. The SMILES string of the molecule is O=C(O)N1[C@@H]2CC[C@H]1CC(CNC(=O)C13CC4CC(CC(C4)C1)C3)C2. The highest BCUT2D eigenvalue weighted by Crippen LogP contribution is 2.60. The standard InChI is InChI=1S/C20H30N2O3/c23-18(20-8-12-3-13(9-20)5-14(4-12)10-20)21-11-15-6-16-1-2-17(7-15)22(16)19(24)25/h12-17H,1-11H2,(H,21,23)(H,24,25)/t12?,13?,14?,15?,16-,17+,20?. The van der Waals surface area contributed by atoms with Gasteiger partial charge in [0.25, 0.3) is 0 Å². The van der Waals surface area contributed by atoms with Gasteiger partial charge >= 0.3 is 6.09 Å². The number of nitrogens with zero attached hydrogens (tertiary/aromatic N) is 1. The van der Waals surface area contributed by atoms with Gasteiger partial charge in [-0.3, -0.25) is 4.79 Å². The molecule has 1 unspecified atom stereocenters. The van der Waals surface area contributed by atoms with Gasteiger partial charge in [-0.25, -0.2) is 4.79 Å². The molecule has 0 radical (unpaired) electrons. The second-order valence-electron chi connectivity index (χ2n) is 9.82. The van der Waals surface area contributed by atoms with Crippen LogP contribution in [0.2, 0.25) is 0 Å². The smallest absolute Gasteiger partial charge is 0.407 e.